The third kappa shape index (κ3) is 4.91. The molecule has 1 aliphatic rings. The second kappa shape index (κ2) is 5.23. The molecule has 0 aromatic carbocycles. The molecular weight excluding hydrogens is 220 g/mol. The molecule has 1 unspecified atom stereocenters. The topological polar surface area (TPSA) is 61.8 Å². The van der Waals surface area contributed by atoms with Crippen molar-refractivity contribution >= 4 is 6.09 Å². The van der Waals surface area contributed by atoms with Crippen LogP contribution in [-0.4, -0.2) is 54.0 Å². The molecule has 1 aliphatic heterocycles. The van der Waals surface area contributed by atoms with Crippen LogP contribution in [0.3, 0.4) is 0 Å². The number of nitrogens with one attached hydrogen (secondary N) is 1. The van der Waals surface area contributed by atoms with E-state index in [2.05, 4.69) is 5.32 Å². The largest absolute Gasteiger partial charge is 0.444 e. The van der Waals surface area contributed by atoms with Crippen molar-refractivity contribution in [3.63, 3.8) is 0 Å². The van der Waals surface area contributed by atoms with Crippen LogP contribution in [0.2, 0.25) is 0 Å². The minimum absolute atomic E-state index is 0.341. The highest BCUT2D eigenvalue weighted by Crippen LogP contribution is 2.19. The summed E-state index contributed by atoms with van der Waals surface area (Å²) in [5.74, 6) is 0. The average Bonchev–Trinajstić information content (AvgIpc) is 2.59. The summed E-state index contributed by atoms with van der Waals surface area (Å²) in [6, 6.07) is 0. The molecule has 100 valence electrons. The summed E-state index contributed by atoms with van der Waals surface area (Å²) in [5, 5.41) is 13.2. The second-order valence-corrected chi connectivity index (χ2v) is 5.80. The van der Waals surface area contributed by atoms with E-state index in [4.69, 9.17) is 4.74 Å². The quantitative estimate of drug-likeness (QED) is 0.776. The van der Waals surface area contributed by atoms with Crippen molar-refractivity contribution in [1.29, 1.82) is 0 Å². The zero-order valence-electron chi connectivity index (χ0n) is 11.2. The predicted molar refractivity (Wildman–Crippen MR) is 65.9 cm³/mol. The molecular formula is C12H24N2O3. The van der Waals surface area contributed by atoms with Gasteiger partial charge >= 0.3 is 6.09 Å². The molecule has 1 amide bonds. The second-order valence-electron chi connectivity index (χ2n) is 5.80. The fraction of sp³-hybridized carbons (Fsp3) is 0.917. The third-order valence-electron chi connectivity index (χ3n) is 2.84. The molecule has 0 bridgehead atoms. The van der Waals surface area contributed by atoms with E-state index in [-0.39, 0.29) is 6.09 Å². The lowest BCUT2D eigenvalue weighted by Crippen LogP contribution is -2.39. The zero-order chi connectivity index (χ0) is 13.1. The van der Waals surface area contributed by atoms with E-state index < -0.39 is 11.2 Å². The van der Waals surface area contributed by atoms with E-state index in [1.54, 1.807) is 7.05 Å². The fourth-order valence-corrected chi connectivity index (χ4v) is 1.75. The highest BCUT2D eigenvalue weighted by molar-refractivity contribution is 5.67. The molecule has 2 N–H and O–H groups in total. The van der Waals surface area contributed by atoms with Crippen molar-refractivity contribution in [3.05, 3.63) is 0 Å². The number of nitrogens with zero attached hydrogens (tertiary/aromatic N) is 1. The summed E-state index contributed by atoms with van der Waals surface area (Å²) in [4.78, 5) is 13.2. The molecule has 0 spiro atoms. The Hall–Kier alpha value is -0.810. The SMILES string of the molecule is CN(CCC1(O)CCNC1)C(=O)OC(C)(C)C. The molecule has 5 nitrogen and oxygen atoms in total. The summed E-state index contributed by atoms with van der Waals surface area (Å²) in [6.45, 7) is 7.47. The van der Waals surface area contributed by atoms with Crippen molar-refractivity contribution < 1.29 is 14.6 Å². The smallest absolute Gasteiger partial charge is 0.410 e. The molecule has 0 radical (unpaired) electrons. The van der Waals surface area contributed by atoms with Gasteiger partial charge in [0.15, 0.2) is 0 Å². The van der Waals surface area contributed by atoms with Crippen molar-refractivity contribution in [1.82, 2.24) is 10.2 Å². The van der Waals surface area contributed by atoms with Gasteiger partial charge in [0, 0.05) is 20.1 Å². The first-order valence-electron chi connectivity index (χ1n) is 6.09. The first kappa shape index (κ1) is 14.3. The Kier molecular flexibility index (Phi) is 4.38. The maximum Gasteiger partial charge on any atom is 0.410 e. The summed E-state index contributed by atoms with van der Waals surface area (Å²) < 4.78 is 5.24. The molecule has 1 heterocycles. The lowest BCUT2D eigenvalue weighted by molar-refractivity contribution is 0.0169. The van der Waals surface area contributed by atoms with Crippen LogP contribution in [0.25, 0.3) is 0 Å². The van der Waals surface area contributed by atoms with Crippen molar-refractivity contribution in [2.24, 2.45) is 0 Å². The van der Waals surface area contributed by atoms with E-state index in [0.717, 1.165) is 13.0 Å². The van der Waals surface area contributed by atoms with E-state index in [1.807, 2.05) is 20.8 Å². The maximum atomic E-state index is 11.7. The van der Waals surface area contributed by atoms with Crippen LogP contribution < -0.4 is 5.32 Å². The van der Waals surface area contributed by atoms with Crippen LogP contribution in [0.1, 0.15) is 33.6 Å². The van der Waals surface area contributed by atoms with Gasteiger partial charge < -0.3 is 20.1 Å². The molecule has 5 heteroatoms. The number of carbonyl (C=O) groups excluding carboxylic acids is 1. The van der Waals surface area contributed by atoms with Crippen LogP contribution in [-0.2, 0) is 4.74 Å². The third-order valence-corrected chi connectivity index (χ3v) is 2.84. The lowest BCUT2D eigenvalue weighted by atomic mass is 9.99. The molecule has 1 rings (SSSR count). The first-order chi connectivity index (χ1) is 7.72. The summed E-state index contributed by atoms with van der Waals surface area (Å²) in [7, 11) is 1.69. The number of hydrogen-bond donors (Lipinski definition) is 2. The standard InChI is InChI=1S/C12H24N2O3/c1-11(2,3)17-10(15)14(4)8-6-12(16)5-7-13-9-12/h13,16H,5-9H2,1-4H3. The number of β-amino-alcohol motifs (C(OH)–C–C–N with tert-alkyl or cyclic N) is 1. The number of ether oxygens (including phenoxy) is 1. The van der Waals surface area contributed by atoms with E-state index in [9.17, 15) is 9.90 Å². The average molecular weight is 244 g/mol. The molecule has 0 aliphatic carbocycles. The van der Waals surface area contributed by atoms with Crippen LogP contribution in [0, 0.1) is 0 Å². The number of rotatable bonds is 3. The van der Waals surface area contributed by atoms with E-state index in [0.29, 0.717) is 19.5 Å². The predicted octanol–water partition coefficient (Wildman–Crippen LogP) is 0.968. The van der Waals surface area contributed by atoms with Crippen LogP contribution >= 0.6 is 0 Å². The van der Waals surface area contributed by atoms with Crippen LogP contribution in [0.5, 0.6) is 0 Å². The van der Waals surface area contributed by atoms with Gasteiger partial charge in [-0.3, -0.25) is 0 Å². The Morgan fingerprint density at radius 2 is 2.18 bits per heavy atom. The Morgan fingerprint density at radius 1 is 1.53 bits per heavy atom. The van der Waals surface area contributed by atoms with E-state index >= 15 is 0 Å². The number of aliphatic hydroxyl groups is 1. The van der Waals surface area contributed by atoms with Gasteiger partial charge in [-0.25, -0.2) is 4.79 Å². The van der Waals surface area contributed by atoms with Gasteiger partial charge in [-0.05, 0) is 40.2 Å². The van der Waals surface area contributed by atoms with Crippen molar-refractivity contribution in [2.75, 3.05) is 26.7 Å². The lowest BCUT2D eigenvalue weighted by Gasteiger charge is -2.27. The number of hydrogen-bond acceptors (Lipinski definition) is 4. The van der Waals surface area contributed by atoms with E-state index in [1.165, 1.54) is 4.90 Å². The van der Waals surface area contributed by atoms with Gasteiger partial charge in [-0.1, -0.05) is 0 Å². The van der Waals surface area contributed by atoms with Gasteiger partial charge in [0.25, 0.3) is 0 Å². The molecule has 1 atom stereocenters. The normalized spacial score (nSPS) is 24.8. The Morgan fingerprint density at radius 3 is 2.65 bits per heavy atom. The molecule has 1 saturated heterocycles. The molecule has 0 aromatic heterocycles. The highest BCUT2D eigenvalue weighted by atomic mass is 16.6. The number of amides is 1. The van der Waals surface area contributed by atoms with Gasteiger partial charge in [0.1, 0.15) is 5.60 Å². The minimum atomic E-state index is -0.670. The summed E-state index contributed by atoms with van der Waals surface area (Å²) in [6.07, 6.45) is 0.984. The highest BCUT2D eigenvalue weighted by Gasteiger charge is 2.31. The molecule has 1 fully saturated rings. The van der Waals surface area contributed by atoms with Gasteiger partial charge in [0.2, 0.25) is 0 Å². The Labute approximate surface area is 103 Å². The first-order valence-corrected chi connectivity index (χ1v) is 6.09. The van der Waals surface area contributed by atoms with Crippen LogP contribution in [0.15, 0.2) is 0 Å². The monoisotopic (exact) mass is 244 g/mol. The fourth-order valence-electron chi connectivity index (χ4n) is 1.75. The molecule has 0 saturated carbocycles. The minimum Gasteiger partial charge on any atom is -0.444 e. The molecule has 0 aromatic rings. The molecule has 17 heavy (non-hydrogen) atoms. The van der Waals surface area contributed by atoms with Gasteiger partial charge in [0.05, 0.1) is 5.60 Å². The zero-order valence-corrected chi connectivity index (χ0v) is 11.2. The Balaban J connectivity index is 2.33. The Bertz CT molecular complexity index is 267. The summed E-state index contributed by atoms with van der Waals surface area (Å²) >= 11 is 0. The van der Waals surface area contributed by atoms with Gasteiger partial charge in [-0.15, -0.1) is 0 Å². The van der Waals surface area contributed by atoms with Crippen LogP contribution in [0.4, 0.5) is 4.79 Å². The maximum absolute atomic E-state index is 11.7. The summed E-state index contributed by atoms with van der Waals surface area (Å²) in [5.41, 5.74) is -1.15. The number of carbonyl (C=O) groups is 1. The van der Waals surface area contributed by atoms with Crippen molar-refractivity contribution in [2.45, 2.75) is 44.8 Å². The van der Waals surface area contributed by atoms with Crippen molar-refractivity contribution in [3.8, 4) is 0 Å². The van der Waals surface area contributed by atoms with Gasteiger partial charge in [-0.2, -0.15) is 0 Å².